The molecule has 0 atom stereocenters. The molecule has 8 heteroatoms. The number of carbonyl (C=O) groups is 1. The van der Waals surface area contributed by atoms with Crippen LogP contribution in [0.15, 0.2) is 36.7 Å². The maximum atomic E-state index is 13.4. The van der Waals surface area contributed by atoms with Crippen molar-refractivity contribution in [2.45, 2.75) is 26.2 Å². The van der Waals surface area contributed by atoms with Crippen molar-refractivity contribution in [2.75, 3.05) is 10.8 Å². The van der Waals surface area contributed by atoms with E-state index in [0.717, 1.165) is 11.0 Å². The number of anilines is 1. The molecular weight excluding hydrogens is 331 g/mol. The number of para-hydroxylation sites is 1. The molecule has 1 heterocycles. The zero-order valence-corrected chi connectivity index (χ0v) is 13.1. The minimum absolute atomic E-state index is 0.140. The van der Waals surface area contributed by atoms with Crippen molar-refractivity contribution in [3.63, 3.8) is 0 Å². The Labute approximate surface area is 136 Å². The average molecular weight is 346 g/mol. The van der Waals surface area contributed by atoms with E-state index < -0.39 is 23.5 Å². The van der Waals surface area contributed by atoms with Gasteiger partial charge < -0.3 is 0 Å². The lowest BCUT2D eigenvalue weighted by Crippen LogP contribution is -2.36. The van der Waals surface area contributed by atoms with Crippen LogP contribution in [0.3, 0.4) is 0 Å². The van der Waals surface area contributed by atoms with E-state index in [1.165, 1.54) is 16.9 Å². The lowest BCUT2D eigenvalue weighted by Gasteiger charge is -2.27. The molecule has 1 amide bonds. The van der Waals surface area contributed by atoms with E-state index >= 15 is 0 Å². The standard InChI is InChI=1S/C15H15ClF3N3O/c1-2-11-5-3-6-12(15(17,18)19)14(11)22(13(23)9-16)10-21-8-4-7-20-21/h3-8H,2,9-10H2,1H3. The second-order valence-corrected chi connectivity index (χ2v) is 5.07. The highest BCUT2D eigenvalue weighted by Crippen LogP contribution is 2.39. The molecule has 0 spiro atoms. The fourth-order valence-corrected chi connectivity index (χ4v) is 2.44. The number of aryl methyl sites for hydroxylation is 1. The van der Waals surface area contributed by atoms with Crippen LogP contribution in [0.5, 0.6) is 0 Å². The third-order valence-electron chi connectivity index (χ3n) is 3.34. The zero-order valence-electron chi connectivity index (χ0n) is 12.3. The van der Waals surface area contributed by atoms with Gasteiger partial charge in [-0.2, -0.15) is 18.3 Å². The maximum absolute atomic E-state index is 13.4. The molecule has 0 saturated carbocycles. The van der Waals surface area contributed by atoms with Gasteiger partial charge in [-0.25, -0.2) is 0 Å². The monoisotopic (exact) mass is 345 g/mol. The molecule has 0 fully saturated rings. The van der Waals surface area contributed by atoms with Crippen molar-refractivity contribution in [3.8, 4) is 0 Å². The first-order valence-electron chi connectivity index (χ1n) is 6.91. The largest absolute Gasteiger partial charge is 0.418 e. The number of nitrogens with zero attached hydrogens (tertiary/aromatic N) is 3. The Morgan fingerprint density at radius 1 is 1.35 bits per heavy atom. The van der Waals surface area contributed by atoms with E-state index in [4.69, 9.17) is 11.6 Å². The minimum Gasteiger partial charge on any atom is -0.290 e. The predicted octanol–water partition coefficient (Wildman–Crippen LogP) is 3.69. The van der Waals surface area contributed by atoms with Gasteiger partial charge in [0.15, 0.2) is 0 Å². The van der Waals surface area contributed by atoms with Gasteiger partial charge >= 0.3 is 6.18 Å². The number of hydrogen-bond donors (Lipinski definition) is 0. The minimum atomic E-state index is -4.57. The molecule has 124 valence electrons. The molecule has 0 aliphatic rings. The number of benzene rings is 1. The average Bonchev–Trinajstić information content (AvgIpc) is 3.03. The molecule has 1 aromatic carbocycles. The van der Waals surface area contributed by atoms with Gasteiger partial charge in [0.25, 0.3) is 0 Å². The second-order valence-electron chi connectivity index (χ2n) is 4.81. The Morgan fingerprint density at radius 3 is 2.61 bits per heavy atom. The number of halogens is 4. The first-order valence-corrected chi connectivity index (χ1v) is 7.44. The first kappa shape index (κ1) is 17.3. The van der Waals surface area contributed by atoms with E-state index in [2.05, 4.69) is 5.10 Å². The molecule has 0 aliphatic carbocycles. The molecule has 1 aromatic heterocycles. The van der Waals surface area contributed by atoms with Gasteiger partial charge in [0, 0.05) is 12.4 Å². The highest BCUT2D eigenvalue weighted by molar-refractivity contribution is 6.29. The fraction of sp³-hybridized carbons (Fsp3) is 0.333. The Kier molecular flexibility index (Phi) is 5.30. The number of aromatic nitrogens is 2. The van der Waals surface area contributed by atoms with Gasteiger partial charge in [-0.15, -0.1) is 11.6 Å². The summed E-state index contributed by atoms with van der Waals surface area (Å²) in [6, 6.07) is 5.50. The number of rotatable bonds is 5. The fourth-order valence-electron chi connectivity index (χ4n) is 2.30. The summed E-state index contributed by atoms with van der Waals surface area (Å²) in [4.78, 5) is 13.2. The summed E-state index contributed by atoms with van der Waals surface area (Å²) in [5.41, 5.74) is -0.600. The summed E-state index contributed by atoms with van der Waals surface area (Å²) in [5, 5.41) is 3.94. The summed E-state index contributed by atoms with van der Waals surface area (Å²) in [6.07, 6.45) is -1.17. The van der Waals surface area contributed by atoms with Crippen LogP contribution < -0.4 is 4.90 Å². The third kappa shape index (κ3) is 3.85. The first-order chi connectivity index (χ1) is 10.9. The van der Waals surface area contributed by atoms with Gasteiger partial charge in [-0.05, 0) is 24.1 Å². The van der Waals surface area contributed by atoms with Crippen molar-refractivity contribution >= 4 is 23.2 Å². The van der Waals surface area contributed by atoms with Crippen LogP contribution in [-0.2, 0) is 24.1 Å². The van der Waals surface area contributed by atoms with Crippen LogP contribution in [0.25, 0.3) is 0 Å². The molecule has 0 N–H and O–H groups in total. The molecule has 23 heavy (non-hydrogen) atoms. The SMILES string of the molecule is CCc1cccc(C(F)(F)F)c1N(Cn1cccn1)C(=O)CCl. The molecule has 0 radical (unpaired) electrons. The van der Waals surface area contributed by atoms with E-state index in [-0.39, 0.29) is 12.4 Å². The number of carbonyl (C=O) groups excluding carboxylic acids is 1. The molecule has 0 bridgehead atoms. The smallest absolute Gasteiger partial charge is 0.290 e. The van der Waals surface area contributed by atoms with Crippen LogP contribution in [0.2, 0.25) is 0 Å². The second kappa shape index (κ2) is 7.04. The molecule has 2 aromatic rings. The van der Waals surface area contributed by atoms with Crippen molar-refractivity contribution < 1.29 is 18.0 Å². The number of amides is 1. The molecule has 0 aliphatic heterocycles. The van der Waals surface area contributed by atoms with Crippen LogP contribution in [0.4, 0.5) is 18.9 Å². The predicted molar refractivity (Wildman–Crippen MR) is 81.3 cm³/mol. The van der Waals surface area contributed by atoms with Crippen molar-refractivity contribution in [1.29, 1.82) is 0 Å². The summed E-state index contributed by atoms with van der Waals surface area (Å²) in [6.45, 7) is 1.59. The highest BCUT2D eigenvalue weighted by atomic mass is 35.5. The molecular formula is C15H15ClF3N3O. The Hall–Kier alpha value is -2.02. The van der Waals surface area contributed by atoms with Crippen molar-refractivity contribution in [2.24, 2.45) is 0 Å². The number of alkyl halides is 4. The lowest BCUT2D eigenvalue weighted by atomic mass is 10.0. The summed E-state index contributed by atoms with van der Waals surface area (Å²) in [5.74, 6) is -1.04. The normalized spacial score (nSPS) is 11.5. The van der Waals surface area contributed by atoms with E-state index in [9.17, 15) is 18.0 Å². The topological polar surface area (TPSA) is 38.1 Å². The van der Waals surface area contributed by atoms with Gasteiger partial charge in [0.1, 0.15) is 12.5 Å². The highest BCUT2D eigenvalue weighted by Gasteiger charge is 2.37. The zero-order chi connectivity index (χ0) is 17.0. The van der Waals surface area contributed by atoms with Gasteiger partial charge in [0.2, 0.25) is 5.91 Å². The molecule has 0 saturated heterocycles. The van der Waals surface area contributed by atoms with Gasteiger partial charge in [-0.1, -0.05) is 19.1 Å². The van der Waals surface area contributed by atoms with E-state index in [1.807, 2.05) is 0 Å². The van der Waals surface area contributed by atoms with Crippen LogP contribution in [0, 0.1) is 0 Å². The summed E-state index contributed by atoms with van der Waals surface area (Å²) >= 11 is 5.60. The molecule has 2 rings (SSSR count). The van der Waals surface area contributed by atoms with Gasteiger partial charge in [0.05, 0.1) is 11.3 Å². The lowest BCUT2D eigenvalue weighted by molar-refractivity contribution is -0.137. The van der Waals surface area contributed by atoms with E-state index in [0.29, 0.717) is 12.0 Å². The summed E-state index contributed by atoms with van der Waals surface area (Å²) in [7, 11) is 0. The maximum Gasteiger partial charge on any atom is 0.418 e. The Morgan fingerprint density at radius 2 is 2.09 bits per heavy atom. The quantitative estimate of drug-likeness (QED) is 0.775. The Bertz CT molecular complexity index is 671. The van der Waals surface area contributed by atoms with Crippen molar-refractivity contribution in [1.82, 2.24) is 9.78 Å². The molecule has 4 nitrogen and oxygen atoms in total. The number of hydrogen-bond acceptors (Lipinski definition) is 2. The van der Waals surface area contributed by atoms with Crippen LogP contribution >= 0.6 is 11.6 Å². The third-order valence-corrected chi connectivity index (χ3v) is 3.57. The van der Waals surface area contributed by atoms with E-state index in [1.54, 1.807) is 25.3 Å². The molecule has 0 unspecified atom stereocenters. The Balaban J connectivity index is 2.59. The van der Waals surface area contributed by atoms with Crippen LogP contribution in [-0.4, -0.2) is 21.6 Å². The van der Waals surface area contributed by atoms with Crippen molar-refractivity contribution in [3.05, 3.63) is 47.8 Å². The summed E-state index contributed by atoms with van der Waals surface area (Å²) < 4.78 is 41.5. The van der Waals surface area contributed by atoms with Crippen LogP contribution in [0.1, 0.15) is 18.1 Å². The van der Waals surface area contributed by atoms with Gasteiger partial charge in [-0.3, -0.25) is 14.4 Å².